The van der Waals surface area contributed by atoms with Crippen LogP contribution in [0.4, 0.5) is 21.9 Å². The van der Waals surface area contributed by atoms with E-state index in [2.05, 4.69) is 10.6 Å². The first kappa shape index (κ1) is 23.7. The third-order valence-corrected chi connectivity index (χ3v) is 5.32. The molecule has 4 nitrogen and oxygen atoms in total. The van der Waals surface area contributed by atoms with Crippen molar-refractivity contribution in [1.29, 1.82) is 0 Å². The van der Waals surface area contributed by atoms with Crippen LogP contribution in [0.5, 0.6) is 0 Å². The third kappa shape index (κ3) is 6.75. The van der Waals surface area contributed by atoms with Gasteiger partial charge >= 0.3 is 6.03 Å². The van der Waals surface area contributed by atoms with Crippen LogP contribution in [0.15, 0.2) is 54.6 Å². The van der Waals surface area contributed by atoms with Crippen LogP contribution in [-0.2, 0) is 0 Å². The average molecular weight is 512 g/mol. The fraction of sp³-hybridized carbons (Fsp3) is 0. The molecule has 0 fully saturated rings. The maximum Gasteiger partial charge on any atom is 0.323 e. The quantitative estimate of drug-likeness (QED) is 0.302. The smallest absolute Gasteiger partial charge is 0.323 e. The van der Waals surface area contributed by atoms with Crippen molar-refractivity contribution in [2.75, 3.05) is 16.4 Å². The van der Waals surface area contributed by atoms with E-state index in [-0.39, 0.29) is 0 Å². The molecule has 0 bridgehead atoms. The molecule has 0 aliphatic carbocycles. The molecule has 0 saturated heterocycles. The lowest BCUT2D eigenvalue weighted by atomic mass is 10.3. The van der Waals surface area contributed by atoms with Gasteiger partial charge in [0.2, 0.25) is 0 Å². The summed E-state index contributed by atoms with van der Waals surface area (Å²) < 4.78 is 0. The van der Waals surface area contributed by atoms with E-state index >= 15 is 0 Å². The van der Waals surface area contributed by atoms with Crippen LogP contribution in [-0.4, -0.2) is 6.03 Å². The van der Waals surface area contributed by atoms with Crippen molar-refractivity contribution in [3.05, 3.63) is 84.7 Å². The van der Waals surface area contributed by atoms with Crippen LogP contribution in [0.2, 0.25) is 30.1 Å². The minimum absolute atomic E-state index is 0.316. The van der Waals surface area contributed by atoms with Crippen LogP contribution in [0.1, 0.15) is 0 Å². The Morgan fingerprint density at radius 1 is 0.586 bits per heavy atom. The molecule has 2 amide bonds. The van der Waals surface area contributed by atoms with Crippen LogP contribution >= 0.6 is 69.6 Å². The zero-order valence-electron chi connectivity index (χ0n) is 14.4. The fourth-order valence-electron chi connectivity index (χ4n) is 2.00. The van der Waals surface area contributed by atoms with Gasteiger partial charge in [-0.15, -0.1) is 0 Å². The minimum Gasteiger partial charge on any atom is -0.396 e. The van der Waals surface area contributed by atoms with E-state index in [1.54, 1.807) is 54.6 Å². The molecule has 152 valence electrons. The van der Waals surface area contributed by atoms with Crippen LogP contribution < -0.4 is 16.4 Å². The summed E-state index contributed by atoms with van der Waals surface area (Å²) in [5.74, 6) is 0. The lowest BCUT2D eigenvalue weighted by Gasteiger charge is -2.12. The molecule has 0 aliphatic rings. The number of benzene rings is 3. The van der Waals surface area contributed by atoms with E-state index in [4.69, 9.17) is 75.3 Å². The van der Waals surface area contributed by atoms with Gasteiger partial charge in [0.15, 0.2) is 0 Å². The highest BCUT2D eigenvalue weighted by Gasteiger charge is 2.12. The fourth-order valence-corrected chi connectivity index (χ4v) is 3.38. The Bertz CT molecular complexity index is 913. The normalized spacial score (nSPS) is 10.0. The molecular weight excluding hydrogens is 499 g/mol. The number of amides is 2. The first-order chi connectivity index (χ1) is 13.7. The van der Waals surface area contributed by atoms with E-state index in [1.165, 1.54) is 0 Å². The van der Waals surface area contributed by atoms with Crippen molar-refractivity contribution in [3.8, 4) is 0 Å². The van der Waals surface area contributed by atoms with Crippen LogP contribution in [0, 0.1) is 0 Å². The summed E-state index contributed by atoms with van der Waals surface area (Å²) in [5.41, 5.74) is 6.50. The van der Waals surface area contributed by atoms with Gasteiger partial charge in [-0.1, -0.05) is 87.8 Å². The molecule has 4 N–H and O–H groups in total. The Balaban J connectivity index is 0.000000278. The molecular formula is C19H13Cl6N3O. The second kappa shape index (κ2) is 11.0. The summed E-state index contributed by atoms with van der Waals surface area (Å²) in [6.45, 7) is 0. The van der Waals surface area contributed by atoms with Gasteiger partial charge < -0.3 is 16.4 Å². The Morgan fingerprint density at radius 2 is 0.862 bits per heavy atom. The SMILES string of the molecule is Nc1c(Cl)cccc1Cl.O=C(Nc1c(Cl)cccc1Cl)Nc1c(Cl)cccc1Cl. The summed E-state index contributed by atoms with van der Waals surface area (Å²) in [7, 11) is 0. The summed E-state index contributed by atoms with van der Waals surface area (Å²) in [6, 6.07) is 14.4. The number of urea groups is 1. The molecule has 0 spiro atoms. The number of carbonyl (C=O) groups is 1. The van der Waals surface area contributed by atoms with E-state index in [1.807, 2.05) is 0 Å². The van der Waals surface area contributed by atoms with Gasteiger partial charge in [0.05, 0.1) is 47.2 Å². The molecule has 0 aromatic heterocycles. The molecule has 0 radical (unpaired) electrons. The maximum absolute atomic E-state index is 11.9. The van der Waals surface area contributed by atoms with E-state index in [0.29, 0.717) is 47.2 Å². The topological polar surface area (TPSA) is 67.2 Å². The number of para-hydroxylation sites is 3. The van der Waals surface area contributed by atoms with Crippen molar-refractivity contribution >= 4 is 92.7 Å². The highest BCUT2D eigenvalue weighted by atomic mass is 35.5. The zero-order valence-corrected chi connectivity index (χ0v) is 19.0. The first-order valence-corrected chi connectivity index (χ1v) is 10.1. The lowest BCUT2D eigenvalue weighted by Crippen LogP contribution is -2.20. The second-order valence-electron chi connectivity index (χ2n) is 5.41. The number of hydrogen-bond donors (Lipinski definition) is 3. The van der Waals surface area contributed by atoms with Crippen molar-refractivity contribution in [3.63, 3.8) is 0 Å². The zero-order chi connectivity index (χ0) is 21.6. The number of nitrogens with two attached hydrogens (primary N) is 1. The van der Waals surface area contributed by atoms with Gasteiger partial charge in [0.25, 0.3) is 0 Å². The monoisotopic (exact) mass is 509 g/mol. The number of carbonyl (C=O) groups excluding carboxylic acids is 1. The van der Waals surface area contributed by atoms with E-state index in [0.717, 1.165) is 0 Å². The summed E-state index contributed by atoms with van der Waals surface area (Å²) in [6.07, 6.45) is 0. The number of nitrogen functional groups attached to an aromatic ring is 1. The Labute approximate surface area is 197 Å². The van der Waals surface area contributed by atoms with E-state index in [9.17, 15) is 4.79 Å². The highest BCUT2D eigenvalue weighted by Crippen LogP contribution is 2.32. The predicted molar refractivity (Wildman–Crippen MR) is 126 cm³/mol. The lowest BCUT2D eigenvalue weighted by molar-refractivity contribution is 0.262. The van der Waals surface area contributed by atoms with Crippen molar-refractivity contribution in [1.82, 2.24) is 0 Å². The molecule has 29 heavy (non-hydrogen) atoms. The van der Waals surface area contributed by atoms with Gasteiger partial charge in [0.1, 0.15) is 0 Å². The Kier molecular flexibility index (Phi) is 9.03. The Morgan fingerprint density at radius 3 is 1.14 bits per heavy atom. The van der Waals surface area contributed by atoms with Crippen LogP contribution in [0.3, 0.4) is 0 Å². The molecule has 10 heteroatoms. The van der Waals surface area contributed by atoms with Crippen LogP contribution in [0.25, 0.3) is 0 Å². The van der Waals surface area contributed by atoms with Gasteiger partial charge in [-0.05, 0) is 36.4 Å². The molecule has 3 rings (SSSR count). The first-order valence-electron chi connectivity index (χ1n) is 7.86. The summed E-state index contributed by atoms with van der Waals surface area (Å²) in [5, 5.41) is 7.43. The van der Waals surface area contributed by atoms with Crippen molar-refractivity contribution < 1.29 is 4.79 Å². The van der Waals surface area contributed by atoms with Gasteiger partial charge in [0, 0.05) is 0 Å². The molecule has 3 aromatic rings. The van der Waals surface area contributed by atoms with Gasteiger partial charge in [-0.25, -0.2) is 4.79 Å². The van der Waals surface area contributed by atoms with Crippen molar-refractivity contribution in [2.45, 2.75) is 0 Å². The van der Waals surface area contributed by atoms with Crippen molar-refractivity contribution in [2.24, 2.45) is 0 Å². The molecule has 0 unspecified atom stereocenters. The highest BCUT2D eigenvalue weighted by molar-refractivity contribution is 6.41. The molecule has 0 heterocycles. The number of rotatable bonds is 2. The van der Waals surface area contributed by atoms with Gasteiger partial charge in [-0.3, -0.25) is 0 Å². The average Bonchev–Trinajstić information content (AvgIpc) is 2.66. The Hall–Kier alpha value is -1.53. The largest absolute Gasteiger partial charge is 0.396 e. The van der Waals surface area contributed by atoms with E-state index < -0.39 is 6.03 Å². The summed E-state index contributed by atoms with van der Waals surface area (Å²) >= 11 is 35.0. The minimum atomic E-state index is -0.546. The van der Waals surface area contributed by atoms with Gasteiger partial charge in [-0.2, -0.15) is 0 Å². The second-order valence-corrected chi connectivity index (χ2v) is 7.85. The molecule has 0 aliphatic heterocycles. The number of hydrogen-bond acceptors (Lipinski definition) is 2. The third-order valence-electron chi connectivity index (χ3n) is 3.40. The number of anilines is 3. The molecule has 3 aromatic carbocycles. The number of halogens is 6. The number of nitrogens with one attached hydrogen (secondary N) is 2. The molecule has 0 saturated carbocycles. The predicted octanol–water partition coefficient (Wildman–Crippen LogP) is 8.52. The maximum atomic E-state index is 11.9. The summed E-state index contributed by atoms with van der Waals surface area (Å²) in [4.78, 5) is 11.9. The standard InChI is InChI=1S/C13H8Cl4N2O.C6H5Cl2N/c14-7-3-1-4-8(15)11(7)18-13(20)19-12-9(16)5-2-6-10(12)17;7-4-2-1-3-5(8)6(4)9/h1-6H,(H2,18,19,20);1-3H,9H2. The molecule has 0 atom stereocenters.